The van der Waals surface area contributed by atoms with Gasteiger partial charge in [0.1, 0.15) is 5.75 Å². The molecule has 0 unspecified atom stereocenters. The maximum absolute atomic E-state index is 9.65. The number of nitrogens with zero attached hydrogens (tertiary/aromatic N) is 2. The molecule has 0 aliphatic heterocycles. The Labute approximate surface area is 146 Å². The van der Waals surface area contributed by atoms with Gasteiger partial charge in [0.15, 0.2) is 0 Å². The van der Waals surface area contributed by atoms with Crippen molar-refractivity contribution >= 4 is 22.5 Å². The van der Waals surface area contributed by atoms with E-state index >= 15 is 0 Å². The molecule has 1 heterocycles. The van der Waals surface area contributed by atoms with Crippen LogP contribution in [-0.4, -0.2) is 28.2 Å². The van der Waals surface area contributed by atoms with Crippen LogP contribution in [0.3, 0.4) is 0 Å². The molecule has 0 radical (unpaired) electrons. The maximum Gasteiger partial charge on any atom is 0.223 e. The molecule has 0 saturated heterocycles. The molecule has 0 aliphatic rings. The zero-order valence-corrected chi connectivity index (χ0v) is 14.6. The number of benzene rings is 2. The Morgan fingerprint density at radius 1 is 1.20 bits per heavy atom. The van der Waals surface area contributed by atoms with E-state index in [0.717, 1.165) is 27.6 Å². The number of hydrogen-bond donors (Lipinski definition) is 3. The van der Waals surface area contributed by atoms with Crippen molar-refractivity contribution in [3.63, 3.8) is 0 Å². The standard InChI is InChI=1S/C19H22N4O2/c1-11(2)22-19-21-9-13-6-16(18(25-3)8-17(13)23-19)15-7-14(20)5-4-12(15)10-24/h4-9,11,24H,10,20H2,1-3H3,(H,21,22,23). The number of aliphatic hydroxyl groups is 1. The number of hydrogen-bond acceptors (Lipinski definition) is 6. The van der Waals surface area contributed by atoms with Crippen molar-refractivity contribution in [1.82, 2.24) is 9.97 Å². The molecule has 6 heteroatoms. The third-order valence-corrected chi connectivity index (χ3v) is 3.91. The lowest BCUT2D eigenvalue weighted by Crippen LogP contribution is -2.12. The van der Waals surface area contributed by atoms with Crippen LogP contribution in [0.25, 0.3) is 22.0 Å². The fourth-order valence-corrected chi connectivity index (χ4v) is 2.75. The van der Waals surface area contributed by atoms with E-state index in [2.05, 4.69) is 15.3 Å². The fourth-order valence-electron chi connectivity index (χ4n) is 2.75. The summed E-state index contributed by atoms with van der Waals surface area (Å²) in [5, 5.41) is 13.7. The lowest BCUT2D eigenvalue weighted by Gasteiger charge is -2.15. The smallest absolute Gasteiger partial charge is 0.223 e. The Balaban J connectivity index is 2.18. The molecule has 0 fully saturated rings. The van der Waals surface area contributed by atoms with Crippen LogP contribution in [0.4, 0.5) is 11.6 Å². The molecule has 0 bridgehead atoms. The van der Waals surface area contributed by atoms with Crippen LogP contribution in [0.1, 0.15) is 19.4 Å². The molecule has 0 spiro atoms. The number of ether oxygens (including phenoxy) is 1. The van der Waals surface area contributed by atoms with Gasteiger partial charge in [-0.1, -0.05) is 6.07 Å². The molecular formula is C19H22N4O2. The summed E-state index contributed by atoms with van der Waals surface area (Å²) in [6, 6.07) is 9.52. The van der Waals surface area contributed by atoms with E-state index in [4.69, 9.17) is 10.5 Å². The Morgan fingerprint density at radius 3 is 2.68 bits per heavy atom. The second-order valence-electron chi connectivity index (χ2n) is 6.18. The van der Waals surface area contributed by atoms with E-state index < -0.39 is 0 Å². The zero-order valence-electron chi connectivity index (χ0n) is 14.6. The first kappa shape index (κ1) is 17.0. The summed E-state index contributed by atoms with van der Waals surface area (Å²) in [6.07, 6.45) is 1.78. The molecule has 1 aromatic heterocycles. The van der Waals surface area contributed by atoms with E-state index in [9.17, 15) is 5.11 Å². The zero-order chi connectivity index (χ0) is 18.0. The minimum absolute atomic E-state index is 0.0788. The summed E-state index contributed by atoms with van der Waals surface area (Å²) >= 11 is 0. The van der Waals surface area contributed by atoms with Crippen molar-refractivity contribution in [3.05, 3.63) is 42.1 Å². The predicted octanol–water partition coefficient (Wildman–Crippen LogP) is 3.20. The number of aromatic nitrogens is 2. The molecule has 6 nitrogen and oxygen atoms in total. The number of aliphatic hydroxyl groups excluding tert-OH is 1. The number of anilines is 2. The van der Waals surface area contributed by atoms with Crippen LogP contribution < -0.4 is 15.8 Å². The number of methoxy groups -OCH3 is 1. The van der Waals surface area contributed by atoms with Crippen LogP contribution in [0, 0.1) is 0 Å². The van der Waals surface area contributed by atoms with Crippen LogP contribution in [0.5, 0.6) is 5.75 Å². The van der Waals surface area contributed by atoms with Crippen LogP contribution >= 0.6 is 0 Å². The summed E-state index contributed by atoms with van der Waals surface area (Å²) in [6.45, 7) is 3.99. The maximum atomic E-state index is 9.65. The van der Waals surface area contributed by atoms with Gasteiger partial charge in [0, 0.05) is 34.9 Å². The van der Waals surface area contributed by atoms with E-state index in [1.165, 1.54) is 0 Å². The van der Waals surface area contributed by atoms with Gasteiger partial charge in [-0.05, 0) is 43.2 Å². The SMILES string of the molecule is COc1cc2nc(NC(C)C)ncc2cc1-c1cc(N)ccc1CO. The second kappa shape index (κ2) is 6.94. The first-order valence-corrected chi connectivity index (χ1v) is 8.12. The highest BCUT2D eigenvalue weighted by Gasteiger charge is 2.13. The van der Waals surface area contributed by atoms with Crippen molar-refractivity contribution in [3.8, 4) is 16.9 Å². The molecule has 2 aromatic carbocycles. The summed E-state index contributed by atoms with van der Waals surface area (Å²) in [5.41, 5.74) is 9.82. The normalized spacial score (nSPS) is 11.1. The lowest BCUT2D eigenvalue weighted by molar-refractivity contribution is 0.282. The Morgan fingerprint density at radius 2 is 2.00 bits per heavy atom. The minimum atomic E-state index is -0.0788. The summed E-state index contributed by atoms with van der Waals surface area (Å²) in [4.78, 5) is 8.90. The van der Waals surface area contributed by atoms with Crippen molar-refractivity contribution in [1.29, 1.82) is 0 Å². The highest BCUT2D eigenvalue weighted by atomic mass is 16.5. The average molecular weight is 338 g/mol. The Hall–Kier alpha value is -2.86. The topological polar surface area (TPSA) is 93.3 Å². The van der Waals surface area contributed by atoms with Crippen molar-refractivity contribution in [2.45, 2.75) is 26.5 Å². The van der Waals surface area contributed by atoms with Gasteiger partial charge in [0.2, 0.25) is 5.95 Å². The highest BCUT2D eigenvalue weighted by Crippen LogP contribution is 2.36. The Kier molecular flexibility index (Phi) is 4.72. The third-order valence-electron chi connectivity index (χ3n) is 3.91. The van der Waals surface area contributed by atoms with Crippen LogP contribution in [-0.2, 0) is 6.61 Å². The van der Waals surface area contributed by atoms with Gasteiger partial charge in [0.25, 0.3) is 0 Å². The summed E-state index contributed by atoms with van der Waals surface area (Å²) in [7, 11) is 1.62. The van der Waals surface area contributed by atoms with Crippen LogP contribution in [0.2, 0.25) is 0 Å². The number of fused-ring (bicyclic) bond motifs is 1. The van der Waals surface area contributed by atoms with Gasteiger partial charge in [-0.3, -0.25) is 0 Å². The molecule has 0 saturated carbocycles. The highest BCUT2D eigenvalue weighted by molar-refractivity contribution is 5.89. The fraction of sp³-hybridized carbons (Fsp3) is 0.263. The van der Waals surface area contributed by atoms with Crippen molar-refractivity contribution < 1.29 is 9.84 Å². The predicted molar refractivity (Wildman–Crippen MR) is 101 cm³/mol. The first-order chi connectivity index (χ1) is 12.0. The van der Waals surface area contributed by atoms with Gasteiger partial charge in [-0.25, -0.2) is 9.97 Å². The monoisotopic (exact) mass is 338 g/mol. The number of nitrogens with two attached hydrogens (primary N) is 1. The molecule has 0 atom stereocenters. The average Bonchev–Trinajstić information content (AvgIpc) is 2.60. The van der Waals surface area contributed by atoms with Crippen molar-refractivity contribution in [2.24, 2.45) is 0 Å². The molecule has 3 rings (SSSR count). The van der Waals surface area contributed by atoms with Crippen LogP contribution in [0.15, 0.2) is 36.5 Å². The molecule has 0 amide bonds. The third kappa shape index (κ3) is 3.49. The van der Waals surface area contributed by atoms with Gasteiger partial charge in [-0.2, -0.15) is 0 Å². The summed E-state index contributed by atoms with van der Waals surface area (Å²) < 4.78 is 5.56. The molecule has 4 N–H and O–H groups in total. The number of nitrogen functional groups attached to an aromatic ring is 1. The van der Waals surface area contributed by atoms with E-state index in [0.29, 0.717) is 17.4 Å². The number of nitrogens with one attached hydrogen (secondary N) is 1. The molecule has 25 heavy (non-hydrogen) atoms. The van der Waals surface area contributed by atoms with Crippen molar-refractivity contribution in [2.75, 3.05) is 18.2 Å². The van der Waals surface area contributed by atoms with Gasteiger partial charge in [0.05, 0.1) is 19.2 Å². The second-order valence-corrected chi connectivity index (χ2v) is 6.18. The lowest BCUT2D eigenvalue weighted by atomic mass is 9.97. The van der Waals surface area contributed by atoms with E-state index in [1.54, 1.807) is 19.4 Å². The Bertz CT molecular complexity index is 909. The van der Waals surface area contributed by atoms with E-state index in [1.807, 2.05) is 38.1 Å². The van der Waals surface area contributed by atoms with Gasteiger partial charge < -0.3 is 20.9 Å². The summed E-state index contributed by atoms with van der Waals surface area (Å²) in [5.74, 6) is 1.25. The largest absolute Gasteiger partial charge is 0.496 e. The van der Waals surface area contributed by atoms with Gasteiger partial charge >= 0.3 is 0 Å². The number of rotatable bonds is 5. The molecule has 130 valence electrons. The van der Waals surface area contributed by atoms with Gasteiger partial charge in [-0.15, -0.1) is 0 Å². The molecule has 3 aromatic rings. The first-order valence-electron chi connectivity index (χ1n) is 8.12. The molecular weight excluding hydrogens is 316 g/mol. The minimum Gasteiger partial charge on any atom is -0.496 e. The molecule has 0 aliphatic carbocycles. The van der Waals surface area contributed by atoms with E-state index in [-0.39, 0.29) is 12.6 Å². The quantitative estimate of drug-likeness (QED) is 0.619.